The average molecular weight is 413 g/mol. The molecule has 31 heavy (non-hydrogen) atoms. The molecule has 1 aliphatic heterocycles. The second kappa shape index (κ2) is 7.02. The number of ether oxygens (including phenoxy) is 1. The van der Waals surface area contributed by atoms with Gasteiger partial charge in [0.1, 0.15) is 29.3 Å². The Morgan fingerprint density at radius 2 is 1.87 bits per heavy atom. The molecule has 0 unspecified atom stereocenters. The monoisotopic (exact) mass is 413 g/mol. The van der Waals surface area contributed by atoms with Gasteiger partial charge in [0.05, 0.1) is 23.3 Å². The van der Waals surface area contributed by atoms with E-state index in [4.69, 9.17) is 9.84 Å². The van der Waals surface area contributed by atoms with Crippen LogP contribution in [0.5, 0.6) is 11.5 Å². The number of para-hydroxylation sites is 1. The van der Waals surface area contributed by atoms with Gasteiger partial charge in [0.15, 0.2) is 5.65 Å². The SMILES string of the molecule is CNc1ncnc2c1c(-c1ccc(Oc3ccccc3)cn1)nn2C1CC2(CNC2)C1. The van der Waals surface area contributed by atoms with Crippen molar-refractivity contribution in [3.05, 3.63) is 55.0 Å². The van der Waals surface area contributed by atoms with Crippen molar-refractivity contribution in [3.8, 4) is 22.9 Å². The number of hydrogen-bond donors (Lipinski definition) is 2. The second-order valence-corrected chi connectivity index (χ2v) is 8.42. The van der Waals surface area contributed by atoms with Crippen LogP contribution in [-0.2, 0) is 0 Å². The average Bonchev–Trinajstić information content (AvgIpc) is 3.13. The van der Waals surface area contributed by atoms with E-state index in [2.05, 4.69) is 30.3 Å². The van der Waals surface area contributed by atoms with E-state index in [-0.39, 0.29) is 0 Å². The number of rotatable bonds is 5. The summed E-state index contributed by atoms with van der Waals surface area (Å²) in [5.41, 5.74) is 2.87. The minimum Gasteiger partial charge on any atom is -0.456 e. The molecular weight excluding hydrogens is 390 g/mol. The quantitative estimate of drug-likeness (QED) is 0.516. The van der Waals surface area contributed by atoms with Crippen LogP contribution in [-0.4, -0.2) is 44.9 Å². The third-order valence-electron chi connectivity index (χ3n) is 6.37. The lowest BCUT2D eigenvalue weighted by atomic mass is 9.62. The molecule has 8 heteroatoms. The highest BCUT2D eigenvalue weighted by Crippen LogP contribution is 2.51. The molecule has 4 aromatic rings. The highest BCUT2D eigenvalue weighted by atomic mass is 16.5. The van der Waals surface area contributed by atoms with Gasteiger partial charge >= 0.3 is 0 Å². The van der Waals surface area contributed by atoms with Gasteiger partial charge in [-0.3, -0.25) is 4.98 Å². The fraction of sp³-hybridized carbons (Fsp3) is 0.304. The Bertz CT molecular complexity index is 1220. The first-order valence-corrected chi connectivity index (χ1v) is 10.6. The summed E-state index contributed by atoms with van der Waals surface area (Å²) in [5.74, 6) is 2.22. The summed E-state index contributed by atoms with van der Waals surface area (Å²) in [6.45, 7) is 2.22. The lowest BCUT2D eigenvalue weighted by Gasteiger charge is -2.54. The van der Waals surface area contributed by atoms with E-state index in [9.17, 15) is 0 Å². The molecule has 0 radical (unpaired) electrons. The Morgan fingerprint density at radius 3 is 2.55 bits per heavy atom. The molecule has 1 aromatic carbocycles. The first kappa shape index (κ1) is 18.3. The van der Waals surface area contributed by atoms with Crippen LogP contribution in [0, 0.1) is 5.41 Å². The minimum atomic E-state index is 0.360. The summed E-state index contributed by atoms with van der Waals surface area (Å²) >= 11 is 0. The largest absolute Gasteiger partial charge is 0.456 e. The zero-order valence-corrected chi connectivity index (χ0v) is 17.2. The molecule has 3 aromatic heterocycles. The van der Waals surface area contributed by atoms with Crippen LogP contribution < -0.4 is 15.4 Å². The van der Waals surface area contributed by atoms with Crippen molar-refractivity contribution in [1.82, 2.24) is 30.0 Å². The molecule has 0 atom stereocenters. The first-order chi connectivity index (χ1) is 15.2. The standard InChI is InChI=1S/C23H23N7O/c1-24-21-19-20(18-8-7-17(11-26-18)31-16-5-3-2-4-6-16)29-30(22(19)28-14-27-21)15-9-23(10-15)12-25-13-23/h2-8,11,14-15,25H,9-10,12-13H2,1H3,(H,24,27,28). The molecule has 8 nitrogen and oxygen atoms in total. The molecular formula is C23H23N7O. The van der Waals surface area contributed by atoms with Gasteiger partial charge in [-0.2, -0.15) is 5.10 Å². The maximum Gasteiger partial charge on any atom is 0.164 e. The lowest BCUT2D eigenvalue weighted by molar-refractivity contribution is 0.00414. The van der Waals surface area contributed by atoms with Gasteiger partial charge in [-0.05, 0) is 42.5 Å². The fourth-order valence-corrected chi connectivity index (χ4v) is 4.68. The number of benzene rings is 1. The van der Waals surface area contributed by atoms with Crippen LogP contribution in [0.2, 0.25) is 0 Å². The van der Waals surface area contributed by atoms with Gasteiger partial charge in [0.2, 0.25) is 0 Å². The normalized spacial score (nSPS) is 17.3. The third-order valence-corrected chi connectivity index (χ3v) is 6.37. The molecule has 1 saturated carbocycles. The minimum absolute atomic E-state index is 0.360. The second-order valence-electron chi connectivity index (χ2n) is 8.42. The summed E-state index contributed by atoms with van der Waals surface area (Å²) in [7, 11) is 1.87. The van der Waals surface area contributed by atoms with Gasteiger partial charge < -0.3 is 15.4 Å². The van der Waals surface area contributed by atoms with Crippen molar-refractivity contribution in [2.75, 3.05) is 25.5 Å². The van der Waals surface area contributed by atoms with Crippen LogP contribution in [0.1, 0.15) is 18.9 Å². The van der Waals surface area contributed by atoms with E-state index in [1.807, 2.05) is 49.5 Å². The number of nitrogens with one attached hydrogen (secondary N) is 2. The maximum absolute atomic E-state index is 5.88. The molecule has 156 valence electrons. The van der Waals surface area contributed by atoms with Gasteiger partial charge in [-0.1, -0.05) is 18.2 Å². The van der Waals surface area contributed by atoms with Crippen LogP contribution >= 0.6 is 0 Å². The van der Waals surface area contributed by atoms with Crippen molar-refractivity contribution in [2.24, 2.45) is 5.41 Å². The van der Waals surface area contributed by atoms with Crippen molar-refractivity contribution in [3.63, 3.8) is 0 Å². The zero-order valence-electron chi connectivity index (χ0n) is 17.2. The summed E-state index contributed by atoms with van der Waals surface area (Å²) in [6.07, 6.45) is 5.59. The topological polar surface area (TPSA) is 89.8 Å². The number of fused-ring (bicyclic) bond motifs is 1. The maximum atomic E-state index is 5.88. The lowest BCUT2D eigenvalue weighted by Crippen LogP contribution is -2.60. The highest BCUT2D eigenvalue weighted by Gasteiger charge is 2.50. The van der Waals surface area contributed by atoms with Crippen LogP contribution in [0.25, 0.3) is 22.4 Å². The van der Waals surface area contributed by atoms with E-state index in [1.165, 1.54) is 0 Å². The number of hydrogen-bond acceptors (Lipinski definition) is 7. The Hall–Kier alpha value is -3.52. The molecule has 2 aliphatic rings. The van der Waals surface area contributed by atoms with E-state index in [0.717, 1.165) is 59.9 Å². The van der Waals surface area contributed by atoms with Gasteiger partial charge in [0.25, 0.3) is 0 Å². The smallest absolute Gasteiger partial charge is 0.164 e. The Balaban J connectivity index is 1.36. The van der Waals surface area contributed by atoms with Gasteiger partial charge in [-0.25, -0.2) is 14.6 Å². The molecule has 0 bridgehead atoms. The predicted molar refractivity (Wildman–Crippen MR) is 118 cm³/mol. The summed E-state index contributed by atoms with van der Waals surface area (Å²) < 4.78 is 7.96. The van der Waals surface area contributed by atoms with Crippen LogP contribution in [0.3, 0.4) is 0 Å². The van der Waals surface area contributed by atoms with Crippen molar-refractivity contribution in [2.45, 2.75) is 18.9 Å². The van der Waals surface area contributed by atoms with E-state index < -0.39 is 0 Å². The van der Waals surface area contributed by atoms with Crippen molar-refractivity contribution < 1.29 is 4.74 Å². The molecule has 1 aliphatic carbocycles. The molecule has 6 rings (SSSR count). The summed E-state index contributed by atoms with van der Waals surface area (Å²) in [5, 5.41) is 12.5. The number of nitrogens with zero attached hydrogens (tertiary/aromatic N) is 5. The van der Waals surface area contributed by atoms with E-state index >= 15 is 0 Å². The molecule has 4 heterocycles. The van der Waals surface area contributed by atoms with Crippen molar-refractivity contribution in [1.29, 1.82) is 0 Å². The van der Waals surface area contributed by atoms with Gasteiger partial charge in [0, 0.05) is 20.1 Å². The van der Waals surface area contributed by atoms with Crippen LogP contribution in [0.15, 0.2) is 55.0 Å². The predicted octanol–water partition coefficient (Wildman–Crippen LogP) is 3.65. The van der Waals surface area contributed by atoms with Crippen LogP contribution in [0.4, 0.5) is 5.82 Å². The molecule has 0 amide bonds. The van der Waals surface area contributed by atoms with E-state index in [1.54, 1.807) is 12.5 Å². The molecule has 1 spiro atoms. The third kappa shape index (κ3) is 3.02. The number of aromatic nitrogens is 5. The summed E-state index contributed by atoms with van der Waals surface area (Å²) in [6, 6.07) is 13.9. The molecule has 2 fully saturated rings. The Labute approximate surface area is 179 Å². The number of pyridine rings is 1. The van der Waals surface area contributed by atoms with Crippen molar-refractivity contribution >= 4 is 16.9 Å². The highest BCUT2D eigenvalue weighted by molar-refractivity contribution is 5.98. The molecule has 2 N–H and O–H groups in total. The summed E-state index contributed by atoms with van der Waals surface area (Å²) in [4.78, 5) is 13.7. The Morgan fingerprint density at radius 1 is 1.03 bits per heavy atom. The Kier molecular flexibility index (Phi) is 4.14. The fourth-order valence-electron chi connectivity index (χ4n) is 4.68. The molecule has 1 saturated heterocycles. The zero-order chi connectivity index (χ0) is 20.8. The first-order valence-electron chi connectivity index (χ1n) is 10.6. The number of anilines is 1. The van der Waals surface area contributed by atoms with E-state index in [0.29, 0.717) is 17.2 Å². The van der Waals surface area contributed by atoms with Gasteiger partial charge in [-0.15, -0.1) is 0 Å².